The molecule has 2 bridgehead atoms. The summed E-state index contributed by atoms with van der Waals surface area (Å²) >= 11 is 0. The molecule has 0 radical (unpaired) electrons. The molecule has 2 saturated heterocycles. The Bertz CT molecular complexity index is 1430. The predicted octanol–water partition coefficient (Wildman–Crippen LogP) is 5.34. The second-order valence-electron chi connectivity index (χ2n) is 10.6. The van der Waals surface area contributed by atoms with Gasteiger partial charge in [-0.1, -0.05) is 60.7 Å². The predicted molar refractivity (Wildman–Crippen MR) is 138 cm³/mol. The average Bonchev–Trinajstić information content (AvgIpc) is 3.51. The van der Waals surface area contributed by atoms with E-state index in [-0.39, 0.29) is 24.1 Å². The third-order valence-corrected chi connectivity index (χ3v) is 8.47. The fourth-order valence-electron chi connectivity index (χ4n) is 6.86. The molecule has 3 heterocycles. The highest BCUT2D eigenvalue weighted by Gasteiger charge is 2.51. The Labute approximate surface area is 210 Å². The highest BCUT2D eigenvalue weighted by Crippen LogP contribution is 2.47. The zero-order chi connectivity index (χ0) is 24.4. The van der Waals surface area contributed by atoms with Gasteiger partial charge in [-0.2, -0.15) is 5.10 Å². The molecule has 0 saturated carbocycles. The van der Waals surface area contributed by atoms with Gasteiger partial charge in [0.1, 0.15) is 6.61 Å². The molecule has 1 amide bonds. The first-order chi connectivity index (χ1) is 17.5. The fourth-order valence-corrected chi connectivity index (χ4v) is 6.86. The molecule has 3 aliphatic rings. The second kappa shape index (κ2) is 7.93. The fraction of sp³-hybridized carbons (Fsp3) is 0.333. The Morgan fingerprint density at radius 1 is 1.00 bits per heavy atom. The number of aliphatic hydroxyl groups is 1. The van der Waals surface area contributed by atoms with Gasteiger partial charge in [-0.05, 0) is 46.7 Å². The third-order valence-electron chi connectivity index (χ3n) is 8.47. The van der Waals surface area contributed by atoms with E-state index in [1.807, 2.05) is 48.5 Å². The van der Waals surface area contributed by atoms with Crippen LogP contribution in [0.15, 0.2) is 72.9 Å². The van der Waals surface area contributed by atoms with Gasteiger partial charge in [0.15, 0.2) is 0 Å². The number of piperidine rings is 1. The highest BCUT2D eigenvalue weighted by molar-refractivity contribution is 5.80. The smallest absolute Gasteiger partial charge is 0.410 e. The lowest BCUT2D eigenvalue weighted by Crippen LogP contribution is -2.52. The molecule has 0 spiro atoms. The van der Waals surface area contributed by atoms with E-state index in [0.29, 0.717) is 19.4 Å². The molecule has 36 heavy (non-hydrogen) atoms. The molecule has 6 nitrogen and oxygen atoms in total. The summed E-state index contributed by atoms with van der Waals surface area (Å²) in [4.78, 5) is 15.3. The number of aryl methyl sites for hydroxylation is 1. The van der Waals surface area contributed by atoms with Crippen molar-refractivity contribution in [2.45, 2.75) is 49.3 Å². The number of fused-ring (bicyclic) bond motifs is 6. The zero-order valence-corrected chi connectivity index (χ0v) is 20.3. The number of carbonyl (C=O) groups excluding carboxylic acids is 1. The van der Waals surface area contributed by atoms with Gasteiger partial charge in [0.05, 0.1) is 11.1 Å². The van der Waals surface area contributed by atoms with Crippen molar-refractivity contribution in [3.63, 3.8) is 0 Å². The lowest BCUT2D eigenvalue weighted by molar-refractivity contribution is -0.0530. The van der Waals surface area contributed by atoms with Gasteiger partial charge in [-0.15, -0.1) is 0 Å². The van der Waals surface area contributed by atoms with E-state index in [0.717, 1.165) is 29.3 Å². The van der Waals surface area contributed by atoms with Crippen molar-refractivity contribution in [3.8, 4) is 11.1 Å². The van der Waals surface area contributed by atoms with Gasteiger partial charge < -0.3 is 14.7 Å². The van der Waals surface area contributed by atoms with Crippen LogP contribution >= 0.6 is 0 Å². The van der Waals surface area contributed by atoms with Gasteiger partial charge >= 0.3 is 6.09 Å². The van der Waals surface area contributed by atoms with Gasteiger partial charge in [-0.3, -0.25) is 4.68 Å². The van der Waals surface area contributed by atoms with Crippen molar-refractivity contribution in [2.75, 3.05) is 6.61 Å². The van der Waals surface area contributed by atoms with Crippen molar-refractivity contribution >= 4 is 17.0 Å². The molecule has 1 aromatic heterocycles. The van der Waals surface area contributed by atoms with Gasteiger partial charge in [0, 0.05) is 49.5 Å². The number of nitrogens with zero attached hydrogens (tertiary/aromatic N) is 3. The number of amides is 1. The van der Waals surface area contributed by atoms with Crippen molar-refractivity contribution in [3.05, 3.63) is 89.6 Å². The van der Waals surface area contributed by atoms with E-state index in [1.165, 1.54) is 22.3 Å². The zero-order valence-electron chi connectivity index (χ0n) is 20.3. The van der Waals surface area contributed by atoms with Crippen LogP contribution in [0.1, 0.15) is 48.3 Å². The topological polar surface area (TPSA) is 67.6 Å². The SMILES string of the molecule is Cn1cc2ccc(C3(O)CC4CCC(C3)N4C(=O)OCC3c4ccccc4-c4ccccc43)cc2n1. The summed E-state index contributed by atoms with van der Waals surface area (Å²) < 4.78 is 7.78. The van der Waals surface area contributed by atoms with Crippen LogP contribution in [0, 0.1) is 0 Å². The summed E-state index contributed by atoms with van der Waals surface area (Å²) in [6.45, 7) is 0.323. The Kier molecular flexibility index (Phi) is 4.77. The summed E-state index contributed by atoms with van der Waals surface area (Å²) in [5.41, 5.74) is 5.69. The number of rotatable bonds is 3. The number of hydrogen-bond donors (Lipinski definition) is 1. The van der Waals surface area contributed by atoms with E-state index < -0.39 is 5.60 Å². The first kappa shape index (κ1) is 21.6. The quantitative estimate of drug-likeness (QED) is 0.431. The molecule has 4 aromatic rings. The molecule has 182 valence electrons. The molecule has 1 aliphatic carbocycles. The van der Waals surface area contributed by atoms with E-state index in [1.54, 1.807) is 4.68 Å². The molecule has 2 fully saturated rings. The number of carbonyl (C=O) groups is 1. The standard InChI is InChI=1S/C30H29N3O3/c1-32-17-19-10-11-20(14-28(19)31-32)30(35)15-21-12-13-22(16-30)33(21)29(34)36-18-27-25-8-4-2-6-23(25)24-7-3-5-9-26(24)27/h2-11,14,17,21-22,27,35H,12-13,15-16,18H2,1H3. The van der Waals surface area contributed by atoms with Crippen molar-refractivity contribution in [1.29, 1.82) is 0 Å². The van der Waals surface area contributed by atoms with Gasteiger partial charge in [-0.25, -0.2) is 4.79 Å². The maximum atomic E-state index is 13.4. The minimum atomic E-state index is -0.961. The van der Waals surface area contributed by atoms with Crippen LogP contribution in [-0.2, 0) is 17.4 Å². The van der Waals surface area contributed by atoms with Crippen LogP contribution in [0.5, 0.6) is 0 Å². The van der Waals surface area contributed by atoms with E-state index in [9.17, 15) is 9.90 Å². The Morgan fingerprint density at radius 2 is 1.64 bits per heavy atom. The van der Waals surface area contributed by atoms with Crippen molar-refractivity contribution < 1.29 is 14.6 Å². The Hall–Kier alpha value is -3.64. The average molecular weight is 480 g/mol. The first-order valence-electron chi connectivity index (χ1n) is 12.8. The molecule has 6 heteroatoms. The molecular formula is C30H29N3O3. The van der Waals surface area contributed by atoms with Gasteiger partial charge in [0.25, 0.3) is 0 Å². The lowest BCUT2D eigenvalue weighted by Gasteiger charge is -2.43. The van der Waals surface area contributed by atoms with Crippen LogP contribution in [0.3, 0.4) is 0 Å². The number of hydrogen-bond acceptors (Lipinski definition) is 4. The lowest BCUT2D eigenvalue weighted by atomic mass is 9.80. The van der Waals surface area contributed by atoms with Crippen molar-refractivity contribution in [2.24, 2.45) is 7.05 Å². The van der Waals surface area contributed by atoms with E-state index in [2.05, 4.69) is 41.5 Å². The molecule has 2 aliphatic heterocycles. The van der Waals surface area contributed by atoms with Crippen LogP contribution in [0.4, 0.5) is 4.79 Å². The Balaban J connectivity index is 1.09. The number of benzene rings is 3. The maximum Gasteiger partial charge on any atom is 0.410 e. The molecule has 7 rings (SSSR count). The molecule has 2 atom stereocenters. The monoisotopic (exact) mass is 479 g/mol. The van der Waals surface area contributed by atoms with Gasteiger partial charge in [0.2, 0.25) is 0 Å². The minimum Gasteiger partial charge on any atom is -0.448 e. The summed E-state index contributed by atoms with van der Waals surface area (Å²) in [7, 11) is 1.90. The number of aromatic nitrogens is 2. The molecule has 2 unspecified atom stereocenters. The molecule has 1 N–H and O–H groups in total. The molecular weight excluding hydrogens is 450 g/mol. The number of ether oxygens (including phenoxy) is 1. The highest BCUT2D eigenvalue weighted by atomic mass is 16.6. The maximum absolute atomic E-state index is 13.4. The van der Waals surface area contributed by atoms with Crippen molar-refractivity contribution in [1.82, 2.24) is 14.7 Å². The summed E-state index contributed by atoms with van der Waals surface area (Å²) in [6.07, 6.45) is 4.54. The Morgan fingerprint density at radius 3 is 2.31 bits per heavy atom. The third kappa shape index (κ3) is 3.28. The normalized spacial score (nSPS) is 24.7. The van der Waals surface area contributed by atoms with Crippen LogP contribution in [0.25, 0.3) is 22.0 Å². The first-order valence-corrected chi connectivity index (χ1v) is 12.8. The van der Waals surface area contributed by atoms with Crippen LogP contribution in [-0.4, -0.2) is 44.6 Å². The summed E-state index contributed by atoms with van der Waals surface area (Å²) in [6, 6.07) is 22.8. The second-order valence-corrected chi connectivity index (χ2v) is 10.6. The van der Waals surface area contributed by atoms with Crippen LogP contribution < -0.4 is 0 Å². The van der Waals surface area contributed by atoms with E-state index >= 15 is 0 Å². The summed E-state index contributed by atoms with van der Waals surface area (Å²) in [5, 5.41) is 17.3. The minimum absolute atomic E-state index is 0.0242. The van der Waals surface area contributed by atoms with Crippen LogP contribution in [0.2, 0.25) is 0 Å². The molecule has 3 aromatic carbocycles. The largest absolute Gasteiger partial charge is 0.448 e. The van der Waals surface area contributed by atoms with E-state index in [4.69, 9.17) is 4.74 Å². The summed E-state index contributed by atoms with van der Waals surface area (Å²) in [5.74, 6) is 0.0471.